The van der Waals surface area contributed by atoms with E-state index in [4.69, 9.17) is 0 Å². The van der Waals surface area contributed by atoms with Gasteiger partial charge >= 0.3 is 0 Å². The lowest BCUT2D eigenvalue weighted by atomic mass is 10.0. The Hall–Kier alpha value is -3.21. The number of amides is 2. The molecule has 1 aromatic heterocycles. The number of carbonyl (C=O) groups is 3. The first-order valence-electron chi connectivity index (χ1n) is 9.57. The molecule has 1 aromatic carbocycles. The molecule has 1 aliphatic rings. The van der Waals surface area contributed by atoms with Crippen molar-refractivity contribution in [3.8, 4) is 6.07 Å². The number of aromatic amines is 1. The van der Waals surface area contributed by atoms with Crippen molar-refractivity contribution in [1.82, 2.24) is 15.2 Å². The summed E-state index contributed by atoms with van der Waals surface area (Å²) in [6.45, 7) is 4.01. The number of benzene rings is 1. The number of aromatic nitrogens is 1. The molecule has 7 nitrogen and oxygen atoms in total. The molecule has 0 bridgehead atoms. The second kappa shape index (κ2) is 8.43. The number of hydrogen-bond acceptors (Lipinski definition) is 4. The summed E-state index contributed by atoms with van der Waals surface area (Å²) in [5, 5.41) is 12.4. The van der Waals surface area contributed by atoms with Gasteiger partial charge in [-0.05, 0) is 37.0 Å². The number of aldehydes is 1. The summed E-state index contributed by atoms with van der Waals surface area (Å²) in [6.07, 6.45) is 1.43. The van der Waals surface area contributed by atoms with Crippen molar-refractivity contribution in [1.29, 1.82) is 5.26 Å². The molecular weight excluding hydrogens is 375 g/mol. The van der Waals surface area contributed by atoms with Gasteiger partial charge in [0.2, 0.25) is 5.91 Å². The molecule has 0 radical (unpaired) electrons. The molecule has 1 aliphatic heterocycles. The van der Waals surface area contributed by atoms with E-state index in [1.54, 1.807) is 12.1 Å². The molecule has 0 spiro atoms. The van der Waals surface area contributed by atoms with Crippen LogP contribution >= 0.6 is 0 Å². The SMILES string of the molecule is CC(C)CC(NC(=O)c1cc2c(F)cccc2[nH]1)C(=O)N1CC(C=O)CC1C#N. The van der Waals surface area contributed by atoms with Gasteiger partial charge < -0.3 is 20.0 Å². The van der Waals surface area contributed by atoms with Gasteiger partial charge in [-0.25, -0.2) is 4.39 Å². The summed E-state index contributed by atoms with van der Waals surface area (Å²) in [5.74, 6) is -1.63. The highest BCUT2D eigenvalue weighted by Gasteiger charge is 2.38. The molecule has 0 saturated carbocycles. The zero-order chi connectivity index (χ0) is 21.1. The number of carbonyl (C=O) groups excluding carboxylic acids is 3. The van der Waals surface area contributed by atoms with Crippen LogP contribution in [0.2, 0.25) is 0 Å². The van der Waals surface area contributed by atoms with Crippen LogP contribution < -0.4 is 5.32 Å². The van der Waals surface area contributed by atoms with Crippen LogP contribution in [0, 0.1) is 29.0 Å². The Kier molecular flexibility index (Phi) is 5.97. The van der Waals surface area contributed by atoms with E-state index < -0.39 is 23.8 Å². The lowest BCUT2D eigenvalue weighted by molar-refractivity contribution is -0.133. The number of rotatable bonds is 6. The second-order valence-corrected chi connectivity index (χ2v) is 7.81. The molecule has 3 unspecified atom stereocenters. The van der Waals surface area contributed by atoms with Crippen LogP contribution in [0.25, 0.3) is 10.9 Å². The molecule has 152 valence electrons. The molecule has 29 heavy (non-hydrogen) atoms. The van der Waals surface area contributed by atoms with Gasteiger partial charge in [-0.1, -0.05) is 19.9 Å². The Morgan fingerprint density at radius 2 is 2.21 bits per heavy atom. The van der Waals surface area contributed by atoms with Crippen LogP contribution in [0.1, 0.15) is 37.2 Å². The number of nitriles is 1. The molecule has 0 aliphatic carbocycles. The minimum absolute atomic E-state index is 0.106. The monoisotopic (exact) mass is 398 g/mol. The predicted octanol–water partition coefficient (Wildman–Crippen LogP) is 2.39. The van der Waals surface area contributed by atoms with Gasteiger partial charge in [-0.15, -0.1) is 0 Å². The van der Waals surface area contributed by atoms with Crippen LogP contribution in [-0.4, -0.2) is 46.6 Å². The first-order valence-corrected chi connectivity index (χ1v) is 9.57. The normalized spacial score (nSPS) is 19.9. The van der Waals surface area contributed by atoms with E-state index in [9.17, 15) is 24.0 Å². The molecule has 2 aromatic rings. The predicted molar refractivity (Wildman–Crippen MR) is 104 cm³/mol. The highest BCUT2D eigenvalue weighted by atomic mass is 19.1. The first-order chi connectivity index (χ1) is 13.8. The minimum atomic E-state index is -0.847. The fourth-order valence-corrected chi connectivity index (χ4v) is 3.70. The third-order valence-electron chi connectivity index (χ3n) is 5.12. The standard InChI is InChI=1S/C21H23FN4O3/c1-12(2)6-19(21(29)26-10-13(11-27)7-14(26)9-23)25-20(28)18-8-15-16(22)4-3-5-17(15)24-18/h3-5,8,11-14,19,24H,6-7,10H2,1-2H3,(H,25,28). The third kappa shape index (κ3) is 4.29. The Balaban J connectivity index is 1.81. The average molecular weight is 398 g/mol. The van der Waals surface area contributed by atoms with E-state index in [0.717, 1.165) is 6.29 Å². The van der Waals surface area contributed by atoms with Crippen molar-refractivity contribution in [3.63, 3.8) is 0 Å². The van der Waals surface area contributed by atoms with Gasteiger partial charge in [0.15, 0.2) is 0 Å². The quantitative estimate of drug-likeness (QED) is 0.729. The van der Waals surface area contributed by atoms with Crippen LogP contribution in [0.15, 0.2) is 24.3 Å². The van der Waals surface area contributed by atoms with E-state index >= 15 is 0 Å². The van der Waals surface area contributed by atoms with E-state index in [2.05, 4.69) is 16.4 Å². The molecule has 1 saturated heterocycles. The number of nitrogens with zero attached hydrogens (tertiary/aromatic N) is 2. The van der Waals surface area contributed by atoms with Gasteiger partial charge in [-0.3, -0.25) is 9.59 Å². The van der Waals surface area contributed by atoms with Crippen molar-refractivity contribution in [2.75, 3.05) is 6.54 Å². The lowest BCUT2D eigenvalue weighted by Crippen LogP contribution is -2.50. The molecule has 8 heteroatoms. The first kappa shape index (κ1) is 20.5. The topological polar surface area (TPSA) is 106 Å². The number of nitrogens with one attached hydrogen (secondary N) is 2. The average Bonchev–Trinajstić information content (AvgIpc) is 3.31. The fraction of sp³-hybridized carbons (Fsp3) is 0.429. The van der Waals surface area contributed by atoms with E-state index in [1.165, 1.54) is 17.0 Å². The number of hydrogen-bond donors (Lipinski definition) is 2. The maximum absolute atomic E-state index is 13.9. The Morgan fingerprint density at radius 1 is 1.45 bits per heavy atom. The maximum atomic E-state index is 13.9. The number of fused-ring (bicyclic) bond motifs is 1. The van der Waals surface area contributed by atoms with Crippen molar-refractivity contribution >= 4 is 29.0 Å². The molecule has 1 fully saturated rings. The summed E-state index contributed by atoms with van der Waals surface area (Å²) >= 11 is 0. The number of likely N-dealkylation sites (tertiary alicyclic amines) is 1. The minimum Gasteiger partial charge on any atom is -0.350 e. The highest BCUT2D eigenvalue weighted by molar-refractivity contribution is 6.00. The van der Waals surface area contributed by atoms with Crippen LogP contribution in [-0.2, 0) is 9.59 Å². The molecule has 2 amide bonds. The maximum Gasteiger partial charge on any atom is 0.268 e. The van der Waals surface area contributed by atoms with Gasteiger partial charge in [0.1, 0.15) is 29.9 Å². The van der Waals surface area contributed by atoms with Crippen LogP contribution in [0.3, 0.4) is 0 Å². The smallest absolute Gasteiger partial charge is 0.268 e. The summed E-state index contributed by atoms with van der Waals surface area (Å²) in [5.41, 5.74) is 0.635. The van der Waals surface area contributed by atoms with E-state index in [1.807, 2.05) is 13.8 Å². The number of H-pyrrole nitrogens is 1. The van der Waals surface area contributed by atoms with Crippen molar-refractivity contribution < 1.29 is 18.8 Å². The second-order valence-electron chi connectivity index (χ2n) is 7.81. The van der Waals surface area contributed by atoms with Crippen molar-refractivity contribution in [3.05, 3.63) is 35.8 Å². The van der Waals surface area contributed by atoms with E-state index in [-0.39, 0.29) is 30.0 Å². The molecule has 3 atom stereocenters. The molecular formula is C21H23FN4O3. The largest absolute Gasteiger partial charge is 0.350 e. The molecule has 2 heterocycles. The highest BCUT2D eigenvalue weighted by Crippen LogP contribution is 2.24. The van der Waals surface area contributed by atoms with Gasteiger partial charge in [0, 0.05) is 23.4 Å². The van der Waals surface area contributed by atoms with Crippen LogP contribution in [0.5, 0.6) is 0 Å². The summed E-state index contributed by atoms with van der Waals surface area (Å²) in [7, 11) is 0. The summed E-state index contributed by atoms with van der Waals surface area (Å²) < 4.78 is 13.9. The zero-order valence-corrected chi connectivity index (χ0v) is 16.3. The summed E-state index contributed by atoms with van der Waals surface area (Å²) in [4.78, 5) is 41.2. The number of halogens is 1. The van der Waals surface area contributed by atoms with Crippen molar-refractivity contribution in [2.45, 2.75) is 38.8 Å². The van der Waals surface area contributed by atoms with Gasteiger partial charge in [-0.2, -0.15) is 5.26 Å². The Morgan fingerprint density at radius 3 is 2.83 bits per heavy atom. The molecule has 2 N–H and O–H groups in total. The fourth-order valence-electron chi connectivity index (χ4n) is 3.70. The Labute approximate surface area is 167 Å². The van der Waals surface area contributed by atoms with Crippen molar-refractivity contribution in [2.24, 2.45) is 11.8 Å². The third-order valence-corrected chi connectivity index (χ3v) is 5.12. The summed E-state index contributed by atoms with van der Waals surface area (Å²) in [6, 6.07) is 6.45. The molecule has 3 rings (SSSR count). The van der Waals surface area contributed by atoms with Gasteiger partial charge in [0.25, 0.3) is 5.91 Å². The van der Waals surface area contributed by atoms with Gasteiger partial charge in [0.05, 0.1) is 6.07 Å². The Bertz CT molecular complexity index is 978. The van der Waals surface area contributed by atoms with Crippen LogP contribution in [0.4, 0.5) is 4.39 Å². The lowest BCUT2D eigenvalue weighted by Gasteiger charge is -2.27. The van der Waals surface area contributed by atoms with E-state index in [0.29, 0.717) is 23.7 Å². The zero-order valence-electron chi connectivity index (χ0n) is 16.3.